The van der Waals surface area contributed by atoms with Crippen molar-refractivity contribution < 1.29 is 38.3 Å². The summed E-state index contributed by atoms with van der Waals surface area (Å²) in [6, 6.07) is 13.3. The highest BCUT2D eigenvalue weighted by Crippen LogP contribution is 2.38. The third-order valence-corrected chi connectivity index (χ3v) is 6.03. The highest BCUT2D eigenvalue weighted by atomic mass is 16.7. The molecule has 0 aliphatic carbocycles. The largest absolute Gasteiger partial charge is 0.459 e. The fourth-order valence-electron chi connectivity index (χ4n) is 3.96. The molecule has 0 saturated heterocycles. The summed E-state index contributed by atoms with van der Waals surface area (Å²) >= 11 is 0. The zero-order valence-corrected chi connectivity index (χ0v) is 20.1. The van der Waals surface area contributed by atoms with Gasteiger partial charge in [-0.2, -0.15) is 0 Å². The lowest BCUT2D eigenvalue weighted by atomic mass is 9.92. The summed E-state index contributed by atoms with van der Waals surface area (Å²) in [6.45, 7) is 0.722. The number of carbonyl (C=O) groups excluding carboxylic acids is 1. The molecule has 2 aliphatic heterocycles. The van der Waals surface area contributed by atoms with Crippen LogP contribution in [0, 0.1) is 0 Å². The molecule has 0 spiro atoms. The van der Waals surface area contributed by atoms with Crippen molar-refractivity contribution in [3.8, 4) is 11.5 Å². The number of rotatable bonds is 10. The Morgan fingerprint density at radius 2 is 1.80 bits per heavy atom. The minimum atomic E-state index is -0.638. The van der Waals surface area contributed by atoms with E-state index in [1.54, 1.807) is 7.05 Å². The number of hydrogen-bond acceptors (Lipinski definition) is 8. The van der Waals surface area contributed by atoms with Crippen LogP contribution in [0.1, 0.15) is 29.0 Å². The van der Waals surface area contributed by atoms with Gasteiger partial charge in [0.15, 0.2) is 23.5 Å². The molecule has 9 nitrogen and oxygen atoms in total. The molecule has 2 aromatic carbocycles. The molecule has 0 saturated carbocycles. The van der Waals surface area contributed by atoms with Crippen LogP contribution in [0.25, 0.3) is 0 Å². The molecule has 9 heteroatoms. The van der Waals surface area contributed by atoms with Crippen LogP contribution >= 0.6 is 0 Å². The lowest BCUT2D eigenvalue weighted by Crippen LogP contribution is -2.39. The van der Waals surface area contributed by atoms with Gasteiger partial charge in [-0.15, -0.1) is 0 Å². The summed E-state index contributed by atoms with van der Waals surface area (Å²) in [5.74, 6) is 1.15. The van der Waals surface area contributed by atoms with E-state index in [2.05, 4.69) is 0 Å². The minimum Gasteiger partial charge on any atom is -0.459 e. The second-order valence-corrected chi connectivity index (χ2v) is 8.41. The summed E-state index contributed by atoms with van der Waals surface area (Å²) in [6.07, 6.45) is 1.15. The number of aliphatic hydroxyl groups excluding tert-OH is 1. The van der Waals surface area contributed by atoms with E-state index in [0.717, 1.165) is 16.7 Å². The minimum absolute atomic E-state index is 0.0130. The average molecular weight is 486 g/mol. The summed E-state index contributed by atoms with van der Waals surface area (Å²) in [5, 5.41) is 9.24. The number of methoxy groups -OCH3 is 2. The first-order valence-corrected chi connectivity index (χ1v) is 11.4. The molecule has 2 heterocycles. The predicted molar refractivity (Wildman–Crippen MR) is 125 cm³/mol. The predicted octanol–water partition coefficient (Wildman–Crippen LogP) is 2.92. The molecule has 2 aromatic rings. The molecule has 2 aliphatic rings. The van der Waals surface area contributed by atoms with Gasteiger partial charge in [-0.05, 0) is 34.9 Å². The van der Waals surface area contributed by atoms with E-state index >= 15 is 0 Å². The van der Waals surface area contributed by atoms with Crippen LogP contribution in [0.3, 0.4) is 0 Å². The van der Waals surface area contributed by atoms with E-state index in [4.69, 9.17) is 28.4 Å². The zero-order valence-electron chi connectivity index (χ0n) is 20.1. The van der Waals surface area contributed by atoms with Gasteiger partial charge >= 0.3 is 0 Å². The summed E-state index contributed by atoms with van der Waals surface area (Å²) in [5.41, 5.74) is 2.74. The number of allylic oxidation sites excluding steroid dienone is 1. The van der Waals surface area contributed by atoms with Gasteiger partial charge < -0.3 is 38.4 Å². The molecule has 0 bridgehead atoms. The Labute approximate surface area is 204 Å². The van der Waals surface area contributed by atoms with Crippen molar-refractivity contribution in [1.29, 1.82) is 0 Å². The molecule has 1 amide bonds. The molecule has 0 fully saturated rings. The lowest BCUT2D eigenvalue weighted by Gasteiger charge is -2.31. The summed E-state index contributed by atoms with van der Waals surface area (Å²) in [4.78, 5) is 14.7. The molecular formula is C26H31NO8. The van der Waals surface area contributed by atoms with E-state index in [9.17, 15) is 9.90 Å². The maximum absolute atomic E-state index is 13.2. The first kappa shape index (κ1) is 25.0. The summed E-state index contributed by atoms with van der Waals surface area (Å²) < 4.78 is 33.5. The van der Waals surface area contributed by atoms with Gasteiger partial charge in [-0.3, -0.25) is 4.79 Å². The Kier molecular flexibility index (Phi) is 8.25. The number of fused-ring (bicyclic) bond motifs is 1. The van der Waals surface area contributed by atoms with E-state index in [-0.39, 0.29) is 37.5 Å². The Balaban J connectivity index is 1.52. The van der Waals surface area contributed by atoms with Crippen LogP contribution in [0.5, 0.6) is 11.5 Å². The van der Waals surface area contributed by atoms with E-state index in [0.29, 0.717) is 24.5 Å². The Hall–Kier alpha value is -3.11. The van der Waals surface area contributed by atoms with Crippen molar-refractivity contribution in [2.75, 3.05) is 34.6 Å². The van der Waals surface area contributed by atoms with E-state index in [1.807, 2.05) is 48.5 Å². The van der Waals surface area contributed by atoms with Crippen LogP contribution in [0.4, 0.5) is 0 Å². The van der Waals surface area contributed by atoms with Gasteiger partial charge in [0.2, 0.25) is 13.1 Å². The smallest absolute Gasteiger partial charge is 0.288 e. The zero-order chi connectivity index (χ0) is 24.8. The van der Waals surface area contributed by atoms with Crippen LogP contribution in [-0.2, 0) is 37.0 Å². The molecule has 188 valence electrons. The van der Waals surface area contributed by atoms with Gasteiger partial charge in [0.1, 0.15) is 0 Å². The fourth-order valence-corrected chi connectivity index (χ4v) is 3.96. The molecule has 1 N–H and O–H groups in total. The van der Waals surface area contributed by atoms with Gasteiger partial charge in [0.25, 0.3) is 5.91 Å². The number of benzene rings is 2. The van der Waals surface area contributed by atoms with Crippen molar-refractivity contribution >= 4 is 5.91 Å². The van der Waals surface area contributed by atoms with Gasteiger partial charge in [0.05, 0.1) is 19.8 Å². The Morgan fingerprint density at radius 3 is 2.51 bits per heavy atom. The summed E-state index contributed by atoms with van der Waals surface area (Å²) in [7, 11) is 4.71. The Bertz CT molecular complexity index is 1030. The van der Waals surface area contributed by atoms with Gasteiger partial charge in [-0.25, -0.2) is 0 Å². The second kappa shape index (κ2) is 11.5. The first-order valence-electron chi connectivity index (χ1n) is 11.4. The maximum Gasteiger partial charge on any atom is 0.288 e. The first-order chi connectivity index (χ1) is 17.0. The number of hydrogen-bond donors (Lipinski definition) is 1. The number of aliphatic hydroxyl groups is 1. The molecule has 0 radical (unpaired) electrons. The van der Waals surface area contributed by atoms with Crippen LogP contribution in [-0.4, -0.2) is 63.1 Å². The highest BCUT2D eigenvalue weighted by molar-refractivity contribution is 5.91. The second-order valence-electron chi connectivity index (χ2n) is 8.41. The SMILES string of the molecule is COC(CN(C)C(=O)C1=CC(c2ccc3c(c2)OCO3)CC(OCc2ccc(CO)cc2)O1)OC. The molecule has 2 atom stereocenters. The van der Waals surface area contributed by atoms with Crippen molar-refractivity contribution in [2.45, 2.75) is 38.1 Å². The number of amides is 1. The maximum atomic E-state index is 13.2. The standard InChI is InChI=1S/C26H31NO8/c1-27(13-25(30-2)31-3)26(29)23-11-20(19-8-9-21-22(10-19)34-16-33-21)12-24(35-23)32-15-18-6-4-17(14-28)5-7-18/h4-11,20,24-25,28H,12-16H2,1-3H3. The van der Waals surface area contributed by atoms with Crippen molar-refractivity contribution in [1.82, 2.24) is 4.90 Å². The van der Waals surface area contributed by atoms with Crippen LogP contribution < -0.4 is 9.47 Å². The Morgan fingerprint density at radius 1 is 1.09 bits per heavy atom. The fraction of sp³-hybridized carbons (Fsp3) is 0.423. The molecule has 35 heavy (non-hydrogen) atoms. The number of carbonyl (C=O) groups is 1. The lowest BCUT2D eigenvalue weighted by molar-refractivity contribution is -0.160. The number of nitrogens with zero attached hydrogens (tertiary/aromatic N) is 1. The topological polar surface area (TPSA) is 95.9 Å². The van der Waals surface area contributed by atoms with Crippen molar-refractivity contribution in [3.63, 3.8) is 0 Å². The highest BCUT2D eigenvalue weighted by Gasteiger charge is 2.31. The number of ether oxygens (including phenoxy) is 6. The van der Waals surface area contributed by atoms with Crippen LogP contribution in [0.2, 0.25) is 0 Å². The number of likely N-dealkylation sites (N-methyl/N-ethyl adjacent to an activating group) is 1. The van der Waals surface area contributed by atoms with E-state index < -0.39 is 12.6 Å². The average Bonchev–Trinajstić information content (AvgIpc) is 3.38. The third kappa shape index (κ3) is 6.12. The quantitative estimate of drug-likeness (QED) is 0.514. The van der Waals surface area contributed by atoms with Crippen LogP contribution in [0.15, 0.2) is 54.3 Å². The molecular weight excluding hydrogens is 454 g/mol. The molecule has 4 rings (SSSR count). The monoisotopic (exact) mass is 485 g/mol. The van der Waals surface area contributed by atoms with Gasteiger partial charge in [0, 0.05) is 33.6 Å². The van der Waals surface area contributed by atoms with E-state index in [1.165, 1.54) is 19.1 Å². The molecule has 0 aromatic heterocycles. The normalized spacial score (nSPS) is 18.8. The molecule has 2 unspecified atom stereocenters. The van der Waals surface area contributed by atoms with Gasteiger partial charge in [-0.1, -0.05) is 30.3 Å². The van der Waals surface area contributed by atoms with Crippen molar-refractivity contribution in [3.05, 3.63) is 71.0 Å². The third-order valence-electron chi connectivity index (χ3n) is 6.03. The van der Waals surface area contributed by atoms with Crippen molar-refractivity contribution in [2.24, 2.45) is 0 Å².